The largest absolute Gasteiger partial charge is 0.481 e. The molecule has 1 rings (SSSR count). The first-order valence-corrected chi connectivity index (χ1v) is 7.62. The highest BCUT2D eigenvalue weighted by Crippen LogP contribution is 2.10. The summed E-state index contributed by atoms with van der Waals surface area (Å²) in [7, 11) is -3.59. The Kier molecular flexibility index (Phi) is 5.01. The second kappa shape index (κ2) is 6.14. The van der Waals surface area contributed by atoms with E-state index in [1.54, 1.807) is 13.8 Å². The van der Waals surface area contributed by atoms with E-state index in [2.05, 4.69) is 4.98 Å². The van der Waals surface area contributed by atoms with Gasteiger partial charge in [0.25, 0.3) is 0 Å². The van der Waals surface area contributed by atoms with Crippen molar-refractivity contribution in [2.45, 2.75) is 33.2 Å². The van der Waals surface area contributed by atoms with E-state index in [1.165, 1.54) is 4.57 Å². The number of carbonyl (C=O) groups is 1. The van der Waals surface area contributed by atoms with Crippen LogP contribution in [0.5, 0.6) is 0 Å². The van der Waals surface area contributed by atoms with E-state index >= 15 is 0 Å². The molecular weight excluding hydrogens is 286 g/mol. The molecule has 8 nitrogen and oxygen atoms in total. The molecule has 0 radical (unpaired) electrons. The number of carboxylic acids is 1. The van der Waals surface area contributed by atoms with Crippen LogP contribution in [0.3, 0.4) is 0 Å². The maximum Gasteiger partial charge on any atom is 0.347 e. The van der Waals surface area contributed by atoms with Gasteiger partial charge in [0.1, 0.15) is 0 Å². The van der Waals surface area contributed by atoms with Gasteiger partial charge in [-0.05, 0) is 20.3 Å². The molecule has 1 aromatic rings. The zero-order valence-electron chi connectivity index (χ0n) is 11.3. The number of carboxylic acid groups (broad SMARTS) is 1. The fourth-order valence-corrected chi connectivity index (χ4v) is 2.47. The first-order valence-electron chi connectivity index (χ1n) is 5.91. The molecular formula is C11H17N3O5S. The standard InChI is InChI=1S/C11H17N3O5S/c1-7-9(6-10(15)16)8(2)14(11(17)13-7)4-3-5-20(12,18)19/h3-6H2,1-2H3,(H,15,16)(H2,12,18,19). The third-order valence-electron chi connectivity index (χ3n) is 2.91. The Hall–Kier alpha value is -1.74. The van der Waals surface area contributed by atoms with E-state index in [0.29, 0.717) is 17.0 Å². The molecule has 0 aliphatic carbocycles. The van der Waals surface area contributed by atoms with E-state index in [1.807, 2.05) is 0 Å². The molecule has 0 aliphatic rings. The van der Waals surface area contributed by atoms with Crippen molar-refractivity contribution < 1.29 is 18.3 Å². The fraction of sp³-hybridized carbons (Fsp3) is 0.545. The van der Waals surface area contributed by atoms with Gasteiger partial charge in [-0.3, -0.25) is 9.36 Å². The summed E-state index contributed by atoms with van der Waals surface area (Å²) in [5.41, 5.74) is 0.799. The van der Waals surface area contributed by atoms with Gasteiger partial charge in [-0.1, -0.05) is 0 Å². The minimum absolute atomic E-state index is 0.126. The third kappa shape index (κ3) is 4.42. The average Bonchev–Trinajstić information content (AvgIpc) is 2.27. The molecule has 9 heteroatoms. The van der Waals surface area contributed by atoms with E-state index in [-0.39, 0.29) is 25.1 Å². The van der Waals surface area contributed by atoms with Crippen LogP contribution in [0.15, 0.2) is 4.79 Å². The summed E-state index contributed by atoms with van der Waals surface area (Å²) in [6, 6.07) is 0. The van der Waals surface area contributed by atoms with E-state index < -0.39 is 21.7 Å². The number of nitrogens with zero attached hydrogens (tertiary/aromatic N) is 2. The molecule has 0 bridgehead atoms. The van der Waals surface area contributed by atoms with E-state index in [4.69, 9.17) is 10.2 Å². The summed E-state index contributed by atoms with van der Waals surface area (Å²) < 4.78 is 23.0. The highest BCUT2D eigenvalue weighted by atomic mass is 32.2. The normalized spacial score (nSPS) is 11.6. The lowest BCUT2D eigenvalue weighted by molar-refractivity contribution is -0.136. The molecule has 0 saturated carbocycles. The molecule has 0 fully saturated rings. The number of aromatic nitrogens is 2. The quantitative estimate of drug-likeness (QED) is 0.704. The van der Waals surface area contributed by atoms with E-state index in [0.717, 1.165) is 0 Å². The number of aliphatic carboxylic acids is 1. The number of aryl methyl sites for hydroxylation is 1. The molecule has 1 heterocycles. The fourth-order valence-electron chi connectivity index (χ4n) is 1.93. The van der Waals surface area contributed by atoms with Gasteiger partial charge in [-0.2, -0.15) is 4.98 Å². The minimum atomic E-state index is -3.59. The van der Waals surface area contributed by atoms with Crippen LogP contribution in [-0.4, -0.2) is 34.8 Å². The molecule has 0 unspecified atom stereocenters. The van der Waals surface area contributed by atoms with Gasteiger partial charge in [0.2, 0.25) is 10.0 Å². The SMILES string of the molecule is Cc1nc(=O)n(CCCS(N)(=O)=O)c(C)c1CC(=O)O. The zero-order chi connectivity index (χ0) is 15.5. The van der Waals surface area contributed by atoms with Crippen LogP contribution in [-0.2, 0) is 27.8 Å². The monoisotopic (exact) mass is 303 g/mol. The lowest BCUT2D eigenvalue weighted by atomic mass is 10.1. The van der Waals surface area contributed by atoms with Gasteiger partial charge in [0.05, 0.1) is 12.2 Å². The highest BCUT2D eigenvalue weighted by Gasteiger charge is 2.14. The Bertz CT molecular complexity index is 678. The molecule has 112 valence electrons. The first-order chi connectivity index (χ1) is 9.11. The highest BCUT2D eigenvalue weighted by molar-refractivity contribution is 7.89. The number of rotatable bonds is 6. The van der Waals surface area contributed by atoms with Crippen LogP contribution in [0.4, 0.5) is 0 Å². The van der Waals surface area contributed by atoms with Gasteiger partial charge in [0.15, 0.2) is 0 Å². The first kappa shape index (κ1) is 16.3. The van der Waals surface area contributed by atoms with Crippen molar-refractivity contribution in [1.82, 2.24) is 9.55 Å². The van der Waals surface area contributed by atoms with Gasteiger partial charge in [0, 0.05) is 23.5 Å². The second-order valence-corrected chi connectivity index (χ2v) is 6.22. The lowest BCUT2D eigenvalue weighted by Crippen LogP contribution is -2.29. The third-order valence-corrected chi connectivity index (χ3v) is 3.77. The van der Waals surface area contributed by atoms with Crippen molar-refractivity contribution in [2.24, 2.45) is 5.14 Å². The number of primary sulfonamides is 1. The van der Waals surface area contributed by atoms with Crippen molar-refractivity contribution in [2.75, 3.05) is 5.75 Å². The second-order valence-electron chi connectivity index (χ2n) is 4.49. The number of hydrogen-bond acceptors (Lipinski definition) is 5. The molecule has 1 aromatic heterocycles. The van der Waals surface area contributed by atoms with Crippen molar-refractivity contribution in [3.63, 3.8) is 0 Å². The summed E-state index contributed by atoms with van der Waals surface area (Å²) in [5.74, 6) is -1.27. The van der Waals surface area contributed by atoms with Crippen molar-refractivity contribution >= 4 is 16.0 Å². The van der Waals surface area contributed by atoms with Gasteiger partial charge < -0.3 is 5.11 Å². The summed E-state index contributed by atoms with van der Waals surface area (Å²) in [5, 5.41) is 13.7. The Morgan fingerprint density at radius 2 is 2.00 bits per heavy atom. The topological polar surface area (TPSA) is 132 Å². The maximum absolute atomic E-state index is 11.8. The summed E-state index contributed by atoms with van der Waals surface area (Å²) in [4.78, 5) is 26.3. The Labute approximate surface area is 116 Å². The number of nitrogens with two attached hydrogens (primary N) is 1. The number of hydrogen-bond donors (Lipinski definition) is 2. The predicted molar refractivity (Wildman–Crippen MR) is 71.9 cm³/mol. The molecule has 3 N–H and O–H groups in total. The van der Waals surface area contributed by atoms with Crippen LogP contribution in [0.1, 0.15) is 23.4 Å². The lowest BCUT2D eigenvalue weighted by Gasteiger charge is -2.14. The Morgan fingerprint density at radius 1 is 1.40 bits per heavy atom. The smallest absolute Gasteiger partial charge is 0.347 e. The van der Waals surface area contributed by atoms with Gasteiger partial charge in [-0.15, -0.1) is 0 Å². The number of sulfonamides is 1. The van der Waals surface area contributed by atoms with Crippen molar-refractivity contribution in [3.05, 3.63) is 27.4 Å². The van der Waals surface area contributed by atoms with Gasteiger partial charge in [-0.25, -0.2) is 18.4 Å². The molecule has 0 aromatic carbocycles. The van der Waals surface area contributed by atoms with E-state index in [9.17, 15) is 18.0 Å². The molecule has 0 amide bonds. The Morgan fingerprint density at radius 3 is 2.50 bits per heavy atom. The van der Waals surface area contributed by atoms with Gasteiger partial charge >= 0.3 is 11.7 Å². The van der Waals surface area contributed by atoms with Crippen LogP contribution in [0.25, 0.3) is 0 Å². The van der Waals surface area contributed by atoms with Crippen molar-refractivity contribution in [1.29, 1.82) is 0 Å². The molecule has 0 spiro atoms. The van der Waals surface area contributed by atoms with Crippen molar-refractivity contribution in [3.8, 4) is 0 Å². The molecule has 0 atom stereocenters. The van der Waals surface area contributed by atoms with Crippen LogP contribution >= 0.6 is 0 Å². The van der Waals surface area contributed by atoms with Crippen LogP contribution < -0.4 is 10.8 Å². The summed E-state index contributed by atoms with van der Waals surface area (Å²) in [6.07, 6.45) is -0.0725. The van der Waals surface area contributed by atoms with Crippen LogP contribution in [0, 0.1) is 13.8 Å². The summed E-state index contributed by atoms with van der Waals surface area (Å²) in [6.45, 7) is 3.31. The minimum Gasteiger partial charge on any atom is -0.481 e. The predicted octanol–water partition coefficient (Wildman–Crippen LogP) is -0.834. The molecule has 0 saturated heterocycles. The zero-order valence-corrected chi connectivity index (χ0v) is 12.1. The molecule has 0 aliphatic heterocycles. The Balaban J connectivity index is 3.07. The average molecular weight is 303 g/mol. The maximum atomic E-state index is 11.8. The van der Waals surface area contributed by atoms with Crippen LogP contribution in [0.2, 0.25) is 0 Å². The molecule has 20 heavy (non-hydrogen) atoms. The summed E-state index contributed by atoms with van der Waals surface area (Å²) >= 11 is 0.